The molecule has 0 saturated heterocycles. The third-order valence-corrected chi connectivity index (χ3v) is 5.15. The first-order chi connectivity index (χ1) is 9.44. The second-order valence-corrected chi connectivity index (χ2v) is 9.60. The number of hydrogen-bond donors (Lipinski definition) is 1. The molecule has 1 atom stereocenters. The fraction of sp³-hybridized carbons (Fsp3) is 0.857. The first-order valence-corrected chi connectivity index (χ1v) is 9.23. The lowest BCUT2D eigenvalue weighted by atomic mass is 10.2. The predicted molar refractivity (Wildman–Crippen MR) is 89.6 cm³/mol. The molecule has 1 amide bonds. The van der Waals surface area contributed by atoms with E-state index in [1.54, 1.807) is 38.5 Å². The Balaban J connectivity index is 4.53. The number of nitrogens with one attached hydrogen (secondary N) is 1. The monoisotopic (exact) mass is 337 g/mol. The second-order valence-electron chi connectivity index (χ2n) is 6.43. The zero-order valence-corrected chi connectivity index (χ0v) is 15.6. The summed E-state index contributed by atoms with van der Waals surface area (Å²) >= 11 is 0. The van der Waals surface area contributed by atoms with E-state index in [2.05, 4.69) is 26.1 Å². The van der Waals surface area contributed by atoms with Gasteiger partial charge in [-0.1, -0.05) is 42.4 Å². The molecule has 0 aliphatic heterocycles. The predicted octanol–water partition coefficient (Wildman–Crippen LogP) is 3.62. The molecule has 0 saturated carbocycles. The van der Waals surface area contributed by atoms with Gasteiger partial charge >= 0.3 is 12.1 Å². The maximum absolute atomic E-state index is 11.9. The molecule has 21 heavy (non-hydrogen) atoms. The standard InChI is InChI=1S/C14H27NO4S2/c1-8-18-11(16)10(9-20-21-14(5,6)7)15-12(17)19-13(2,3)4/h10H,8-9H2,1-7H3,(H,15,17). The number of esters is 1. The van der Waals surface area contributed by atoms with Crippen molar-refractivity contribution < 1.29 is 19.1 Å². The molecule has 0 aromatic heterocycles. The van der Waals surface area contributed by atoms with E-state index < -0.39 is 23.7 Å². The molecular weight excluding hydrogens is 310 g/mol. The van der Waals surface area contributed by atoms with Crippen molar-refractivity contribution in [3.8, 4) is 0 Å². The summed E-state index contributed by atoms with van der Waals surface area (Å²) in [5, 5.41) is 2.57. The van der Waals surface area contributed by atoms with Crippen LogP contribution in [0.1, 0.15) is 48.5 Å². The van der Waals surface area contributed by atoms with Gasteiger partial charge < -0.3 is 14.8 Å². The molecule has 0 aromatic carbocycles. The van der Waals surface area contributed by atoms with E-state index in [0.717, 1.165) is 0 Å². The van der Waals surface area contributed by atoms with Crippen molar-refractivity contribution in [2.75, 3.05) is 12.4 Å². The van der Waals surface area contributed by atoms with Crippen LogP contribution in [-0.2, 0) is 14.3 Å². The summed E-state index contributed by atoms with van der Waals surface area (Å²) in [4.78, 5) is 23.7. The zero-order valence-electron chi connectivity index (χ0n) is 13.9. The van der Waals surface area contributed by atoms with E-state index in [-0.39, 0.29) is 11.4 Å². The Hall–Kier alpha value is -0.560. The molecule has 0 fully saturated rings. The van der Waals surface area contributed by atoms with E-state index in [0.29, 0.717) is 5.75 Å². The van der Waals surface area contributed by atoms with Crippen molar-refractivity contribution in [3.05, 3.63) is 0 Å². The first-order valence-electron chi connectivity index (χ1n) is 6.91. The molecular formula is C14H27NO4S2. The van der Waals surface area contributed by atoms with Crippen molar-refractivity contribution in [1.29, 1.82) is 0 Å². The van der Waals surface area contributed by atoms with Crippen LogP contribution in [0, 0.1) is 0 Å². The van der Waals surface area contributed by atoms with Crippen LogP contribution in [-0.4, -0.2) is 40.8 Å². The topological polar surface area (TPSA) is 64.6 Å². The highest BCUT2D eigenvalue weighted by Gasteiger charge is 2.26. The molecule has 0 bridgehead atoms. The summed E-state index contributed by atoms with van der Waals surface area (Å²) in [6, 6.07) is -0.709. The Kier molecular flexibility index (Phi) is 8.54. The fourth-order valence-electron chi connectivity index (χ4n) is 1.14. The van der Waals surface area contributed by atoms with Crippen LogP contribution < -0.4 is 5.32 Å². The minimum Gasteiger partial charge on any atom is -0.464 e. The minimum atomic E-state index is -0.709. The van der Waals surface area contributed by atoms with Crippen LogP contribution in [0.2, 0.25) is 0 Å². The smallest absolute Gasteiger partial charge is 0.408 e. The number of amides is 1. The number of carbonyl (C=O) groups is 2. The summed E-state index contributed by atoms with van der Waals surface area (Å²) in [5.41, 5.74) is -0.601. The number of carbonyl (C=O) groups excluding carboxylic acids is 2. The van der Waals surface area contributed by atoms with Crippen LogP contribution in [0.4, 0.5) is 4.79 Å². The number of alkyl carbamates (subject to hydrolysis) is 1. The van der Waals surface area contributed by atoms with Gasteiger partial charge in [0.15, 0.2) is 0 Å². The minimum absolute atomic E-state index is 0.0792. The Morgan fingerprint density at radius 3 is 2.14 bits per heavy atom. The first kappa shape index (κ1) is 20.4. The second kappa shape index (κ2) is 8.78. The highest BCUT2D eigenvalue weighted by atomic mass is 33.1. The molecule has 0 aliphatic rings. The van der Waals surface area contributed by atoms with Gasteiger partial charge in [0.25, 0.3) is 0 Å². The lowest BCUT2D eigenvalue weighted by molar-refractivity contribution is -0.144. The molecule has 0 heterocycles. The normalized spacial score (nSPS) is 13.5. The highest BCUT2D eigenvalue weighted by Crippen LogP contribution is 2.35. The maximum atomic E-state index is 11.9. The van der Waals surface area contributed by atoms with Gasteiger partial charge in [-0.2, -0.15) is 0 Å². The Morgan fingerprint density at radius 2 is 1.71 bits per heavy atom. The molecule has 1 unspecified atom stereocenters. The van der Waals surface area contributed by atoms with Gasteiger partial charge in [0.05, 0.1) is 6.61 Å². The highest BCUT2D eigenvalue weighted by molar-refractivity contribution is 8.77. The van der Waals surface area contributed by atoms with Crippen molar-refractivity contribution >= 4 is 33.7 Å². The third-order valence-electron chi connectivity index (χ3n) is 1.81. The van der Waals surface area contributed by atoms with E-state index in [9.17, 15) is 9.59 Å². The van der Waals surface area contributed by atoms with Gasteiger partial charge in [-0.25, -0.2) is 9.59 Å². The van der Waals surface area contributed by atoms with Crippen LogP contribution in [0.15, 0.2) is 0 Å². The van der Waals surface area contributed by atoms with Crippen molar-refractivity contribution in [1.82, 2.24) is 5.32 Å². The SMILES string of the molecule is CCOC(=O)C(CSSC(C)(C)C)NC(=O)OC(C)(C)C. The van der Waals surface area contributed by atoms with Crippen LogP contribution >= 0.6 is 21.6 Å². The Labute approximate surface area is 135 Å². The molecule has 0 rings (SSSR count). The third kappa shape index (κ3) is 11.7. The Bertz CT molecular complexity index is 348. The zero-order chi connectivity index (χ0) is 16.7. The van der Waals surface area contributed by atoms with Gasteiger partial charge in [-0.15, -0.1) is 0 Å². The Morgan fingerprint density at radius 1 is 1.14 bits per heavy atom. The number of rotatable bonds is 6. The van der Waals surface area contributed by atoms with Crippen LogP contribution in [0.3, 0.4) is 0 Å². The molecule has 0 aliphatic carbocycles. The van der Waals surface area contributed by atoms with Crippen molar-refractivity contribution in [2.24, 2.45) is 0 Å². The lowest BCUT2D eigenvalue weighted by Gasteiger charge is -2.23. The summed E-state index contributed by atoms with van der Waals surface area (Å²) in [6.07, 6.45) is -0.609. The molecule has 0 radical (unpaired) electrons. The summed E-state index contributed by atoms with van der Waals surface area (Å²) in [7, 11) is 3.18. The number of ether oxygens (including phenoxy) is 2. The summed E-state index contributed by atoms with van der Waals surface area (Å²) in [6.45, 7) is 13.6. The van der Waals surface area contributed by atoms with Gasteiger partial charge in [0.2, 0.25) is 0 Å². The fourth-order valence-corrected chi connectivity index (χ4v) is 3.59. The summed E-state index contributed by atoms with van der Waals surface area (Å²) in [5.74, 6) is -0.00891. The molecule has 7 heteroatoms. The van der Waals surface area contributed by atoms with Crippen LogP contribution in [0.5, 0.6) is 0 Å². The van der Waals surface area contributed by atoms with Gasteiger partial charge in [0.1, 0.15) is 11.6 Å². The molecule has 124 valence electrons. The van der Waals surface area contributed by atoms with Gasteiger partial charge in [0, 0.05) is 10.5 Å². The van der Waals surface area contributed by atoms with Gasteiger partial charge in [-0.3, -0.25) is 0 Å². The maximum Gasteiger partial charge on any atom is 0.408 e. The average molecular weight is 338 g/mol. The van der Waals surface area contributed by atoms with E-state index in [1.807, 2.05) is 0 Å². The van der Waals surface area contributed by atoms with E-state index in [1.165, 1.54) is 10.8 Å². The summed E-state index contributed by atoms with van der Waals surface area (Å²) < 4.78 is 10.2. The lowest BCUT2D eigenvalue weighted by Crippen LogP contribution is -2.45. The molecule has 0 spiro atoms. The van der Waals surface area contributed by atoms with E-state index in [4.69, 9.17) is 9.47 Å². The van der Waals surface area contributed by atoms with Gasteiger partial charge in [-0.05, 0) is 27.7 Å². The van der Waals surface area contributed by atoms with Crippen molar-refractivity contribution in [2.45, 2.75) is 64.9 Å². The number of hydrogen-bond acceptors (Lipinski definition) is 6. The molecule has 5 nitrogen and oxygen atoms in total. The van der Waals surface area contributed by atoms with Crippen LogP contribution in [0.25, 0.3) is 0 Å². The average Bonchev–Trinajstić information content (AvgIpc) is 2.23. The molecule has 0 aromatic rings. The van der Waals surface area contributed by atoms with E-state index >= 15 is 0 Å². The molecule has 1 N–H and O–H groups in total. The van der Waals surface area contributed by atoms with Crippen molar-refractivity contribution in [3.63, 3.8) is 0 Å². The largest absolute Gasteiger partial charge is 0.464 e. The quantitative estimate of drug-likeness (QED) is 0.590.